The van der Waals surface area contributed by atoms with Gasteiger partial charge in [0.05, 0.1) is 5.56 Å². The van der Waals surface area contributed by atoms with Crippen LogP contribution in [0.1, 0.15) is 66.2 Å². The molecule has 0 aromatic carbocycles. The topological polar surface area (TPSA) is 45.6 Å². The third kappa shape index (κ3) is 4.20. The number of carbonyl (C=O) groups is 2. The summed E-state index contributed by atoms with van der Waals surface area (Å²) in [6.45, 7) is 4.32. The molecule has 0 atom stereocenters. The summed E-state index contributed by atoms with van der Waals surface area (Å²) in [6.07, 6.45) is 12.2. The molecule has 3 heterocycles. The van der Waals surface area contributed by atoms with Crippen LogP contribution in [0.3, 0.4) is 0 Å². The monoisotopic (exact) mass is 427 g/mol. The second kappa shape index (κ2) is 9.38. The third-order valence-corrected chi connectivity index (χ3v) is 7.87. The highest BCUT2D eigenvalue weighted by atomic mass is 32.1. The van der Waals surface area contributed by atoms with E-state index in [0.29, 0.717) is 13.1 Å². The third-order valence-electron chi connectivity index (χ3n) is 6.56. The van der Waals surface area contributed by atoms with E-state index >= 15 is 0 Å². The molecule has 0 saturated carbocycles. The molecule has 0 bridgehead atoms. The summed E-state index contributed by atoms with van der Waals surface area (Å²) in [5.74, 6) is 0.455. The van der Waals surface area contributed by atoms with Gasteiger partial charge in [0, 0.05) is 49.9 Å². The number of carbonyl (C=O) groups excluding carboxylic acids is 2. The quantitative estimate of drug-likeness (QED) is 0.680. The highest BCUT2D eigenvalue weighted by molar-refractivity contribution is 7.15. The highest BCUT2D eigenvalue weighted by Gasteiger charge is 2.33. The molecule has 0 spiro atoms. The lowest BCUT2D eigenvalue weighted by Gasteiger charge is -2.33. The Labute approximate surface area is 183 Å². The van der Waals surface area contributed by atoms with Crippen molar-refractivity contribution in [1.82, 2.24) is 14.4 Å². The molecule has 1 aliphatic carbocycles. The van der Waals surface area contributed by atoms with Crippen LogP contribution in [0, 0.1) is 5.92 Å². The summed E-state index contributed by atoms with van der Waals surface area (Å²) >= 11 is 1.78. The molecule has 2 aromatic heterocycles. The number of fused-ring (bicyclic) bond motifs is 1. The van der Waals surface area contributed by atoms with Crippen molar-refractivity contribution in [3.63, 3.8) is 0 Å². The predicted molar refractivity (Wildman–Crippen MR) is 121 cm³/mol. The first-order valence-electron chi connectivity index (χ1n) is 11.4. The number of hydrogen-bond donors (Lipinski definition) is 0. The van der Waals surface area contributed by atoms with Gasteiger partial charge in [-0.2, -0.15) is 0 Å². The lowest BCUT2D eigenvalue weighted by molar-refractivity contribution is -0.135. The number of likely N-dealkylation sites (tertiary alicyclic amines) is 1. The van der Waals surface area contributed by atoms with Crippen molar-refractivity contribution in [2.75, 3.05) is 26.7 Å². The Morgan fingerprint density at radius 2 is 1.83 bits per heavy atom. The van der Waals surface area contributed by atoms with Crippen LogP contribution in [0.2, 0.25) is 0 Å². The molecule has 162 valence electrons. The SMILES string of the molecule is CCCCN(C)C(=O)C1CCN(C(=O)c2c(-n3cccc3)sc3c2CCCC3)CC1. The average molecular weight is 428 g/mol. The van der Waals surface area contributed by atoms with Gasteiger partial charge >= 0.3 is 0 Å². The van der Waals surface area contributed by atoms with Crippen molar-refractivity contribution in [3.8, 4) is 5.00 Å². The molecule has 1 saturated heterocycles. The first kappa shape index (κ1) is 21.2. The van der Waals surface area contributed by atoms with Crippen LogP contribution in [-0.2, 0) is 17.6 Å². The summed E-state index contributed by atoms with van der Waals surface area (Å²) in [5.41, 5.74) is 2.19. The van der Waals surface area contributed by atoms with Crippen molar-refractivity contribution in [2.24, 2.45) is 5.92 Å². The van der Waals surface area contributed by atoms with Crippen LogP contribution in [0.5, 0.6) is 0 Å². The number of aromatic nitrogens is 1. The van der Waals surface area contributed by atoms with E-state index < -0.39 is 0 Å². The summed E-state index contributed by atoms with van der Waals surface area (Å²) in [5, 5.41) is 1.06. The van der Waals surface area contributed by atoms with Crippen LogP contribution in [0.15, 0.2) is 24.5 Å². The minimum Gasteiger partial charge on any atom is -0.346 e. The molecular formula is C24H33N3O2S. The van der Waals surface area contributed by atoms with Gasteiger partial charge in [0.15, 0.2) is 0 Å². The summed E-state index contributed by atoms with van der Waals surface area (Å²) < 4.78 is 2.09. The van der Waals surface area contributed by atoms with E-state index in [-0.39, 0.29) is 17.7 Å². The van der Waals surface area contributed by atoms with Gasteiger partial charge in [0.2, 0.25) is 5.91 Å². The zero-order chi connectivity index (χ0) is 21.1. The summed E-state index contributed by atoms with van der Waals surface area (Å²) in [6, 6.07) is 4.03. The first-order valence-corrected chi connectivity index (χ1v) is 12.2. The Morgan fingerprint density at radius 1 is 1.13 bits per heavy atom. The second-order valence-corrected chi connectivity index (χ2v) is 9.74. The van der Waals surface area contributed by atoms with Crippen LogP contribution in [0.25, 0.3) is 5.00 Å². The molecule has 2 amide bonds. The molecule has 0 radical (unpaired) electrons. The fourth-order valence-corrected chi connectivity index (χ4v) is 6.08. The maximum atomic E-state index is 13.6. The molecule has 1 aliphatic heterocycles. The molecule has 5 nitrogen and oxygen atoms in total. The molecule has 0 N–H and O–H groups in total. The number of amides is 2. The van der Waals surface area contributed by atoms with Gasteiger partial charge in [-0.15, -0.1) is 11.3 Å². The molecule has 0 unspecified atom stereocenters. The van der Waals surface area contributed by atoms with Crippen LogP contribution < -0.4 is 0 Å². The van der Waals surface area contributed by atoms with Gasteiger partial charge < -0.3 is 14.4 Å². The fourth-order valence-electron chi connectivity index (χ4n) is 4.73. The minimum atomic E-state index is 0.0521. The van der Waals surface area contributed by atoms with Crippen LogP contribution in [0.4, 0.5) is 0 Å². The van der Waals surface area contributed by atoms with Crippen LogP contribution >= 0.6 is 11.3 Å². The Balaban J connectivity index is 1.49. The number of thiophene rings is 1. The van der Waals surface area contributed by atoms with Gasteiger partial charge in [-0.05, 0) is 62.6 Å². The fraction of sp³-hybridized carbons (Fsp3) is 0.583. The van der Waals surface area contributed by atoms with Gasteiger partial charge in [-0.25, -0.2) is 0 Å². The summed E-state index contributed by atoms with van der Waals surface area (Å²) in [7, 11) is 1.91. The Morgan fingerprint density at radius 3 is 2.53 bits per heavy atom. The molecule has 2 aliphatic rings. The Hall–Kier alpha value is -2.08. The standard InChI is InChI=1S/C24H33N3O2S/c1-3-4-13-25(2)22(28)18-11-16-26(17-12-18)23(29)21-19-9-5-6-10-20(19)30-24(21)27-14-7-8-15-27/h7-8,14-15,18H,3-6,9-13,16-17H2,1-2H3. The van der Waals surface area contributed by atoms with E-state index in [2.05, 4.69) is 11.5 Å². The predicted octanol–water partition coefficient (Wildman–Crippen LogP) is 4.53. The number of hydrogen-bond acceptors (Lipinski definition) is 3. The van der Waals surface area contributed by atoms with E-state index in [4.69, 9.17) is 0 Å². The van der Waals surface area contributed by atoms with E-state index in [9.17, 15) is 9.59 Å². The lowest BCUT2D eigenvalue weighted by atomic mass is 9.92. The van der Waals surface area contributed by atoms with E-state index in [0.717, 1.165) is 62.1 Å². The molecule has 2 aromatic rings. The number of piperidine rings is 1. The van der Waals surface area contributed by atoms with Gasteiger partial charge in [0.1, 0.15) is 5.00 Å². The maximum absolute atomic E-state index is 13.6. The normalized spacial score (nSPS) is 17.1. The number of aryl methyl sites for hydroxylation is 1. The highest BCUT2D eigenvalue weighted by Crippen LogP contribution is 2.38. The first-order chi connectivity index (χ1) is 14.6. The van der Waals surface area contributed by atoms with E-state index in [1.807, 2.05) is 41.4 Å². The molecule has 30 heavy (non-hydrogen) atoms. The number of nitrogens with zero attached hydrogens (tertiary/aromatic N) is 3. The number of unbranched alkanes of at least 4 members (excludes halogenated alkanes) is 1. The zero-order valence-electron chi connectivity index (χ0n) is 18.2. The molecule has 4 rings (SSSR count). The summed E-state index contributed by atoms with van der Waals surface area (Å²) in [4.78, 5) is 31.6. The van der Waals surface area contributed by atoms with Gasteiger partial charge in [-0.3, -0.25) is 9.59 Å². The maximum Gasteiger partial charge on any atom is 0.257 e. The minimum absolute atomic E-state index is 0.0521. The lowest BCUT2D eigenvalue weighted by Crippen LogP contribution is -2.44. The largest absolute Gasteiger partial charge is 0.346 e. The molecule has 6 heteroatoms. The molecule has 1 fully saturated rings. The number of rotatable bonds is 6. The van der Waals surface area contributed by atoms with Gasteiger partial charge in [-0.1, -0.05) is 13.3 Å². The van der Waals surface area contributed by atoms with Crippen molar-refractivity contribution >= 4 is 23.2 Å². The van der Waals surface area contributed by atoms with Gasteiger partial charge in [0.25, 0.3) is 5.91 Å². The average Bonchev–Trinajstić information content (AvgIpc) is 3.44. The van der Waals surface area contributed by atoms with Crippen molar-refractivity contribution in [1.29, 1.82) is 0 Å². The second-order valence-electron chi connectivity index (χ2n) is 8.66. The van der Waals surface area contributed by atoms with E-state index in [1.54, 1.807) is 11.3 Å². The van der Waals surface area contributed by atoms with Crippen molar-refractivity contribution < 1.29 is 9.59 Å². The van der Waals surface area contributed by atoms with Crippen molar-refractivity contribution in [3.05, 3.63) is 40.5 Å². The smallest absolute Gasteiger partial charge is 0.257 e. The molecular weight excluding hydrogens is 394 g/mol. The van der Waals surface area contributed by atoms with Crippen LogP contribution in [-0.4, -0.2) is 52.9 Å². The zero-order valence-corrected chi connectivity index (χ0v) is 19.0. The Bertz CT molecular complexity index is 879. The Kier molecular flexibility index (Phi) is 6.61. The van der Waals surface area contributed by atoms with E-state index in [1.165, 1.54) is 16.9 Å². The van der Waals surface area contributed by atoms with Crippen molar-refractivity contribution in [2.45, 2.75) is 58.3 Å².